The Bertz CT molecular complexity index is 694. The number of nitrogens with two attached hydrogens (primary N) is 1. The average molecular weight is 281 g/mol. The van der Waals surface area contributed by atoms with Crippen LogP contribution in [-0.4, -0.2) is 10.8 Å². The lowest BCUT2D eigenvalue weighted by molar-refractivity contribution is 0.456. The molecule has 0 unspecified atom stereocenters. The number of nitrogen functional groups attached to an aromatic ring is 1. The number of pyridine rings is 1. The van der Waals surface area contributed by atoms with Gasteiger partial charge in [0.15, 0.2) is 0 Å². The Morgan fingerprint density at radius 2 is 2.05 bits per heavy atom. The highest BCUT2D eigenvalue weighted by molar-refractivity contribution is 5.97. The van der Waals surface area contributed by atoms with E-state index >= 15 is 0 Å². The standard InChI is InChI=1S/C17H19N3O/c1-11-5-4-7-13(9-11)21-17-14(16(18)19)10-12-6-2-3-8-15(12)20-17/h4-5,7,9-10H,2-3,6,8H2,1H3,(H3,18,19). The van der Waals surface area contributed by atoms with E-state index in [0.29, 0.717) is 11.4 Å². The van der Waals surface area contributed by atoms with E-state index < -0.39 is 0 Å². The van der Waals surface area contributed by atoms with Crippen LogP contribution in [0.2, 0.25) is 0 Å². The van der Waals surface area contributed by atoms with E-state index in [1.807, 2.05) is 37.3 Å². The first-order chi connectivity index (χ1) is 10.1. The van der Waals surface area contributed by atoms with Crippen LogP contribution in [0.25, 0.3) is 0 Å². The van der Waals surface area contributed by atoms with Crippen molar-refractivity contribution < 1.29 is 4.74 Å². The fourth-order valence-corrected chi connectivity index (χ4v) is 2.68. The van der Waals surface area contributed by atoms with Crippen molar-refractivity contribution >= 4 is 5.84 Å². The second kappa shape index (κ2) is 5.56. The van der Waals surface area contributed by atoms with Gasteiger partial charge in [0.25, 0.3) is 0 Å². The fraction of sp³-hybridized carbons (Fsp3) is 0.294. The SMILES string of the molecule is Cc1cccc(Oc2nc3c(cc2C(=N)N)CCCC3)c1. The molecule has 0 bridgehead atoms. The molecule has 1 aromatic carbocycles. The zero-order valence-corrected chi connectivity index (χ0v) is 12.1. The van der Waals surface area contributed by atoms with Crippen LogP contribution in [0.4, 0.5) is 0 Å². The minimum atomic E-state index is -0.00136. The molecular formula is C17H19N3O. The maximum Gasteiger partial charge on any atom is 0.230 e. The zero-order chi connectivity index (χ0) is 14.8. The van der Waals surface area contributed by atoms with Gasteiger partial charge in [-0.2, -0.15) is 0 Å². The highest BCUT2D eigenvalue weighted by Crippen LogP contribution is 2.29. The van der Waals surface area contributed by atoms with E-state index in [1.165, 1.54) is 12.0 Å². The second-order valence-electron chi connectivity index (χ2n) is 5.49. The van der Waals surface area contributed by atoms with Crippen LogP contribution in [-0.2, 0) is 12.8 Å². The van der Waals surface area contributed by atoms with Crippen molar-refractivity contribution in [3.8, 4) is 11.6 Å². The predicted octanol–water partition coefficient (Wildman–Crippen LogP) is 3.35. The minimum absolute atomic E-state index is 0.00136. The minimum Gasteiger partial charge on any atom is -0.438 e. The number of benzene rings is 1. The summed E-state index contributed by atoms with van der Waals surface area (Å²) in [5, 5.41) is 7.76. The van der Waals surface area contributed by atoms with E-state index in [9.17, 15) is 0 Å². The quantitative estimate of drug-likeness (QED) is 0.669. The van der Waals surface area contributed by atoms with Gasteiger partial charge in [-0.25, -0.2) is 4.98 Å². The molecule has 0 radical (unpaired) electrons. The first-order valence-electron chi connectivity index (χ1n) is 7.25. The summed E-state index contributed by atoms with van der Waals surface area (Å²) in [5.74, 6) is 1.16. The van der Waals surface area contributed by atoms with Gasteiger partial charge in [-0.3, -0.25) is 5.41 Å². The lowest BCUT2D eigenvalue weighted by Crippen LogP contribution is -2.16. The number of aromatic nitrogens is 1. The third kappa shape index (κ3) is 2.89. The summed E-state index contributed by atoms with van der Waals surface area (Å²) in [6.45, 7) is 2.01. The number of rotatable bonds is 3. The maximum absolute atomic E-state index is 7.76. The Balaban J connectivity index is 2.01. The zero-order valence-electron chi connectivity index (χ0n) is 12.1. The number of ether oxygens (including phenoxy) is 1. The molecule has 0 saturated heterocycles. The van der Waals surface area contributed by atoms with Crippen LogP contribution < -0.4 is 10.5 Å². The van der Waals surface area contributed by atoms with Gasteiger partial charge in [-0.05, 0) is 61.9 Å². The molecule has 4 heteroatoms. The summed E-state index contributed by atoms with van der Waals surface area (Å²) >= 11 is 0. The highest BCUT2D eigenvalue weighted by atomic mass is 16.5. The van der Waals surface area contributed by atoms with Crippen molar-refractivity contribution in [3.05, 3.63) is 52.7 Å². The average Bonchev–Trinajstić information content (AvgIpc) is 2.46. The Kier molecular flexibility index (Phi) is 3.60. The van der Waals surface area contributed by atoms with Gasteiger partial charge in [0, 0.05) is 5.69 Å². The topological polar surface area (TPSA) is 72.0 Å². The third-order valence-electron chi connectivity index (χ3n) is 3.76. The number of amidine groups is 1. The monoisotopic (exact) mass is 281 g/mol. The first-order valence-corrected chi connectivity index (χ1v) is 7.25. The summed E-state index contributed by atoms with van der Waals surface area (Å²) in [7, 11) is 0. The van der Waals surface area contributed by atoms with Gasteiger partial charge in [0.1, 0.15) is 11.6 Å². The number of hydrogen-bond acceptors (Lipinski definition) is 3. The van der Waals surface area contributed by atoms with Crippen LogP contribution in [0.1, 0.15) is 35.2 Å². The molecule has 0 aliphatic heterocycles. The Hall–Kier alpha value is -2.36. The van der Waals surface area contributed by atoms with Gasteiger partial charge in [-0.1, -0.05) is 12.1 Å². The molecule has 1 aliphatic carbocycles. The van der Waals surface area contributed by atoms with E-state index in [0.717, 1.165) is 36.3 Å². The number of nitrogens with zero attached hydrogens (tertiary/aromatic N) is 1. The normalized spacial score (nSPS) is 13.6. The molecule has 1 aliphatic rings. The van der Waals surface area contributed by atoms with Crippen LogP contribution in [0.15, 0.2) is 30.3 Å². The number of aryl methyl sites for hydroxylation is 3. The van der Waals surface area contributed by atoms with Gasteiger partial charge < -0.3 is 10.5 Å². The molecule has 4 nitrogen and oxygen atoms in total. The molecule has 3 rings (SSSR count). The van der Waals surface area contributed by atoms with Crippen LogP contribution in [0.3, 0.4) is 0 Å². The fourth-order valence-electron chi connectivity index (χ4n) is 2.68. The van der Waals surface area contributed by atoms with Crippen molar-refractivity contribution in [1.82, 2.24) is 4.98 Å². The van der Waals surface area contributed by atoms with Crippen molar-refractivity contribution in [2.24, 2.45) is 5.73 Å². The van der Waals surface area contributed by atoms with Gasteiger partial charge >= 0.3 is 0 Å². The largest absolute Gasteiger partial charge is 0.438 e. The Labute approximate surface area is 124 Å². The number of fused-ring (bicyclic) bond motifs is 1. The summed E-state index contributed by atoms with van der Waals surface area (Å²) in [5.41, 5.74) is 9.67. The molecule has 0 atom stereocenters. The number of hydrogen-bond donors (Lipinski definition) is 2. The third-order valence-corrected chi connectivity index (χ3v) is 3.76. The van der Waals surface area contributed by atoms with E-state index in [2.05, 4.69) is 4.98 Å². The van der Waals surface area contributed by atoms with Crippen molar-refractivity contribution in [2.75, 3.05) is 0 Å². The molecule has 0 fully saturated rings. The van der Waals surface area contributed by atoms with Gasteiger partial charge in [0.2, 0.25) is 5.88 Å². The lowest BCUT2D eigenvalue weighted by Gasteiger charge is -2.18. The Morgan fingerprint density at radius 1 is 1.24 bits per heavy atom. The highest BCUT2D eigenvalue weighted by Gasteiger charge is 2.18. The van der Waals surface area contributed by atoms with Crippen LogP contribution in [0, 0.1) is 12.3 Å². The van der Waals surface area contributed by atoms with Crippen LogP contribution >= 0.6 is 0 Å². The van der Waals surface area contributed by atoms with Crippen molar-refractivity contribution in [3.63, 3.8) is 0 Å². The van der Waals surface area contributed by atoms with E-state index in [-0.39, 0.29) is 5.84 Å². The molecular weight excluding hydrogens is 262 g/mol. The smallest absolute Gasteiger partial charge is 0.230 e. The first kappa shape index (κ1) is 13.6. The van der Waals surface area contributed by atoms with E-state index in [4.69, 9.17) is 15.9 Å². The summed E-state index contributed by atoms with van der Waals surface area (Å²) in [6, 6.07) is 9.76. The van der Waals surface area contributed by atoms with Crippen LogP contribution in [0.5, 0.6) is 11.6 Å². The molecule has 108 valence electrons. The second-order valence-corrected chi connectivity index (χ2v) is 5.49. The molecule has 2 aromatic rings. The predicted molar refractivity (Wildman–Crippen MR) is 83.1 cm³/mol. The number of nitrogens with one attached hydrogen (secondary N) is 1. The maximum atomic E-state index is 7.76. The molecule has 1 aromatic heterocycles. The molecule has 21 heavy (non-hydrogen) atoms. The summed E-state index contributed by atoms with van der Waals surface area (Å²) in [4.78, 5) is 4.62. The summed E-state index contributed by atoms with van der Waals surface area (Å²) in [6.07, 6.45) is 4.30. The van der Waals surface area contributed by atoms with E-state index in [1.54, 1.807) is 0 Å². The van der Waals surface area contributed by atoms with Crippen molar-refractivity contribution in [2.45, 2.75) is 32.6 Å². The lowest BCUT2D eigenvalue weighted by atomic mass is 9.95. The van der Waals surface area contributed by atoms with Gasteiger partial charge in [-0.15, -0.1) is 0 Å². The Morgan fingerprint density at radius 3 is 2.81 bits per heavy atom. The van der Waals surface area contributed by atoms with Crippen molar-refractivity contribution in [1.29, 1.82) is 5.41 Å². The summed E-state index contributed by atoms with van der Waals surface area (Å²) < 4.78 is 5.89. The molecule has 0 amide bonds. The molecule has 0 saturated carbocycles. The molecule has 3 N–H and O–H groups in total. The molecule has 0 spiro atoms. The van der Waals surface area contributed by atoms with Gasteiger partial charge in [0.05, 0.1) is 5.56 Å². The molecule has 1 heterocycles.